The Hall–Kier alpha value is -1.65. The molecule has 2 fully saturated rings. The number of nitrogens with zero attached hydrogens (tertiary/aromatic N) is 2. The molecule has 1 aromatic heterocycles. The number of likely N-dealkylation sites (tertiary alicyclic amines) is 1. The Kier molecular flexibility index (Phi) is 8.47. The molecule has 0 bridgehead atoms. The van der Waals surface area contributed by atoms with Gasteiger partial charge >= 0.3 is 12.1 Å². The van der Waals surface area contributed by atoms with Crippen LogP contribution in [0.2, 0.25) is 0 Å². The van der Waals surface area contributed by atoms with E-state index >= 15 is 0 Å². The van der Waals surface area contributed by atoms with E-state index in [4.69, 9.17) is 14.6 Å². The van der Waals surface area contributed by atoms with Crippen molar-refractivity contribution in [2.75, 3.05) is 39.4 Å². The third-order valence-electron chi connectivity index (χ3n) is 4.67. The highest BCUT2D eigenvalue weighted by molar-refractivity contribution is 7.14. The molecule has 1 amide bonds. The van der Waals surface area contributed by atoms with Crippen molar-refractivity contribution in [3.8, 4) is 0 Å². The average Bonchev–Trinajstić information content (AvgIpc) is 3.30. The van der Waals surface area contributed by atoms with Gasteiger partial charge in [-0.3, -0.25) is 9.69 Å². The summed E-state index contributed by atoms with van der Waals surface area (Å²) < 4.78 is 37.1. The van der Waals surface area contributed by atoms with E-state index in [1.807, 2.05) is 11.0 Å². The van der Waals surface area contributed by atoms with Crippen molar-refractivity contribution in [2.24, 2.45) is 5.92 Å². The molecule has 10 heteroatoms. The number of rotatable bonds is 4. The van der Waals surface area contributed by atoms with E-state index < -0.39 is 12.1 Å². The highest BCUT2D eigenvalue weighted by Gasteiger charge is 2.38. The van der Waals surface area contributed by atoms with Gasteiger partial charge in [0.1, 0.15) is 0 Å². The Balaban J connectivity index is 0.000000370. The smallest absolute Gasteiger partial charge is 0.475 e. The second kappa shape index (κ2) is 10.4. The fourth-order valence-corrected chi connectivity index (χ4v) is 4.55. The van der Waals surface area contributed by atoms with Crippen molar-refractivity contribution in [1.29, 1.82) is 0 Å². The van der Waals surface area contributed by atoms with Gasteiger partial charge < -0.3 is 14.7 Å². The number of morpholine rings is 1. The number of carboxylic acids is 1. The molecule has 6 nitrogen and oxygen atoms in total. The molecule has 3 heterocycles. The van der Waals surface area contributed by atoms with E-state index in [-0.39, 0.29) is 5.91 Å². The number of hydrogen-bond acceptors (Lipinski definition) is 5. The summed E-state index contributed by atoms with van der Waals surface area (Å²) in [6, 6.07) is 4.70. The Morgan fingerprint density at radius 1 is 1.24 bits per heavy atom. The molecule has 1 N–H and O–H groups in total. The molecule has 1 aromatic rings. The number of alkyl halides is 3. The first-order valence-electron chi connectivity index (χ1n) is 9.60. The van der Waals surface area contributed by atoms with Crippen molar-refractivity contribution in [1.82, 2.24) is 9.80 Å². The first-order valence-corrected chi connectivity index (χ1v) is 10.4. The Morgan fingerprint density at radius 2 is 1.86 bits per heavy atom. The molecule has 3 rings (SSSR count). The molecule has 2 aliphatic heterocycles. The van der Waals surface area contributed by atoms with E-state index in [1.54, 1.807) is 11.3 Å². The monoisotopic (exact) mass is 436 g/mol. The van der Waals surface area contributed by atoms with Gasteiger partial charge in [-0.1, -0.05) is 13.8 Å². The summed E-state index contributed by atoms with van der Waals surface area (Å²) in [5.41, 5.74) is 0. The lowest BCUT2D eigenvalue weighted by Gasteiger charge is -2.26. The summed E-state index contributed by atoms with van der Waals surface area (Å²) in [4.78, 5) is 28.2. The van der Waals surface area contributed by atoms with Crippen molar-refractivity contribution in [3.05, 3.63) is 21.9 Å². The predicted molar refractivity (Wildman–Crippen MR) is 103 cm³/mol. The molecule has 0 aliphatic carbocycles. The Labute approximate surface area is 172 Å². The molecule has 1 atom stereocenters. The Morgan fingerprint density at radius 3 is 2.41 bits per heavy atom. The van der Waals surface area contributed by atoms with Gasteiger partial charge in [0, 0.05) is 30.6 Å². The topological polar surface area (TPSA) is 70.1 Å². The molecule has 2 aliphatic rings. The van der Waals surface area contributed by atoms with Crippen LogP contribution in [-0.4, -0.2) is 72.4 Å². The Bertz CT molecular complexity index is 687. The van der Waals surface area contributed by atoms with E-state index in [9.17, 15) is 18.0 Å². The molecule has 0 spiro atoms. The van der Waals surface area contributed by atoms with Gasteiger partial charge in [0.2, 0.25) is 0 Å². The van der Waals surface area contributed by atoms with Crippen molar-refractivity contribution in [2.45, 2.75) is 38.9 Å². The normalized spacial score (nSPS) is 20.5. The number of carboxylic acid groups (broad SMARTS) is 1. The van der Waals surface area contributed by atoms with Gasteiger partial charge in [0.25, 0.3) is 5.91 Å². The van der Waals surface area contributed by atoms with Gasteiger partial charge in [0.05, 0.1) is 18.1 Å². The zero-order valence-electron chi connectivity index (χ0n) is 16.6. The van der Waals surface area contributed by atoms with Gasteiger partial charge in [-0.15, -0.1) is 11.3 Å². The molecule has 164 valence electrons. The summed E-state index contributed by atoms with van der Waals surface area (Å²) in [6.45, 7) is 9.64. The minimum absolute atomic E-state index is 0.174. The zero-order chi connectivity index (χ0) is 21.6. The number of carbonyl (C=O) groups is 2. The molecule has 0 aromatic carbocycles. The van der Waals surface area contributed by atoms with Crippen LogP contribution in [-0.2, 0) is 9.53 Å². The van der Waals surface area contributed by atoms with E-state index in [0.29, 0.717) is 25.2 Å². The van der Waals surface area contributed by atoms with Gasteiger partial charge in [-0.05, 0) is 37.4 Å². The van der Waals surface area contributed by atoms with E-state index in [0.717, 1.165) is 24.5 Å². The summed E-state index contributed by atoms with van der Waals surface area (Å²) in [5.74, 6) is -1.89. The van der Waals surface area contributed by atoms with Crippen LogP contribution in [0.25, 0.3) is 0 Å². The summed E-state index contributed by atoms with van der Waals surface area (Å²) in [7, 11) is 0. The minimum atomic E-state index is -5.08. The van der Waals surface area contributed by atoms with E-state index in [1.165, 1.54) is 24.3 Å². The fourth-order valence-electron chi connectivity index (χ4n) is 3.41. The summed E-state index contributed by atoms with van der Waals surface area (Å²) >= 11 is 1.69. The van der Waals surface area contributed by atoms with Crippen LogP contribution in [0, 0.1) is 5.92 Å². The van der Waals surface area contributed by atoms with Crippen molar-refractivity contribution >= 4 is 23.2 Å². The van der Waals surface area contributed by atoms with Crippen molar-refractivity contribution < 1.29 is 32.6 Å². The predicted octanol–water partition coefficient (Wildman–Crippen LogP) is 3.65. The number of ether oxygens (including phenoxy) is 1. The van der Waals surface area contributed by atoms with Crippen LogP contribution in [0.5, 0.6) is 0 Å². The number of thiophene rings is 1. The fraction of sp³-hybridized carbons (Fsp3) is 0.684. The van der Waals surface area contributed by atoms with Gasteiger partial charge in [0.15, 0.2) is 0 Å². The summed E-state index contributed by atoms with van der Waals surface area (Å²) in [6.07, 6.45) is -2.60. The van der Waals surface area contributed by atoms with Crippen LogP contribution >= 0.6 is 11.3 Å². The largest absolute Gasteiger partial charge is 0.490 e. The summed E-state index contributed by atoms with van der Waals surface area (Å²) in [5, 5.41) is 7.12. The highest BCUT2D eigenvalue weighted by Crippen LogP contribution is 2.36. The maximum absolute atomic E-state index is 12.6. The quantitative estimate of drug-likeness (QED) is 0.780. The molecule has 1 unspecified atom stereocenters. The lowest BCUT2D eigenvalue weighted by molar-refractivity contribution is -0.192. The molecule has 29 heavy (non-hydrogen) atoms. The van der Waals surface area contributed by atoms with Gasteiger partial charge in [-0.2, -0.15) is 13.2 Å². The lowest BCUT2D eigenvalue weighted by Crippen LogP contribution is -2.40. The van der Waals surface area contributed by atoms with E-state index in [2.05, 4.69) is 24.8 Å². The number of aliphatic carboxylic acids is 1. The van der Waals surface area contributed by atoms with Crippen LogP contribution in [0.15, 0.2) is 12.1 Å². The molecule has 0 radical (unpaired) electrons. The second-order valence-corrected chi connectivity index (χ2v) is 8.57. The number of halogens is 3. The molecular weight excluding hydrogens is 409 g/mol. The zero-order valence-corrected chi connectivity index (χ0v) is 17.4. The lowest BCUT2D eigenvalue weighted by atomic mass is 10.1. The highest BCUT2D eigenvalue weighted by atomic mass is 32.1. The second-order valence-electron chi connectivity index (χ2n) is 7.46. The number of hydrogen-bond donors (Lipinski definition) is 1. The van der Waals surface area contributed by atoms with Crippen LogP contribution < -0.4 is 0 Å². The number of amides is 1. The van der Waals surface area contributed by atoms with Crippen LogP contribution in [0.1, 0.15) is 47.3 Å². The average molecular weight is 436 g/mol. The van der Waals surface area contributed by atoms with Crippen LogP contribution in [0.4, 0.5) is 13.2 Å². The van der Waals surface area contributed by atoms with Crippen molar-refractivity contribution in [3.63, 3.8) is 0 Å². The third kappa shape index (κ3) is 6.97. The molecule has 0 saturated carbocycles. The van der Waals surface area contributed by atoms with Gasteiger partial charge in [-0.25, -0.2) is 4.79 Å². The SMILES string of the molecule is CC(C)CN1CCCC1c1ccc(C(=O)N2CCOCC2)s1.O=C(O)C(F)(F)F. The first kappa shape index (κ1) is 23.6. The maximum atomic E-state index is 12.6. The minimum Gasteiger partial charge on any atom is -0.475 e. The maximum Gasteiger partial charge on any atom is 0.490 e. The van der Waals surface area contributed by atoms with Crippen LogP contribution in [0.3, 0.4) is 0 Å². The standard InChI is InChI=1S/C17H26N2O2S.C2HF3O2/c1-13(2)12-19-7-3-4-14(19)15-5-6-16(22-15)17(20)18-8-10-21-11-9-18;3-2(4,5)1(6)7/h5-6,13-14H,3-4,7-12H2,1-2H3;(H,6,7). The number of carbonyl (C=O) groups excluding carboxylic acids is 1. The molecular formula is C19H27F3N2O4S. The third-order valence-corrected chi connectivity index (χ3v) is 5.84. The molecule has 2 saturated heterocycles. The first-order chi connectivity index (χ1) is 13.6.